The molecule has 5 aromatic carbocycles. The Bertz CT molecular complexity index is 1720. The number of hydrogen-bond acceptors (Lipinski definition) is 0. The molecule has 0 nitrogen and oxygen atoms in total. The molecule has 0 radical (unpaired) electrons. The van der Waals surface area contributed by atoms with Gasteiger partial charge in [-0.15, -0.1) is 0 Å². The summed E-state index contributed by atoms with van der Waals surface area (Å²) in [4.78, 5) is 0. The van der Waals surface area contributed by atoms with E-state index in [4.69, 9.17) is 0 Å². The van der Waals surface area contributed by atoms with Crippen LogP contribution in [0.3, 0.4) is 0 Å². The van der Waals surface area contributed by atoms with Crippen LogP contribution in [-0.2, 0) is 19.3 Å². The van der Waals surface area contributed by atoms with E-state index in [0.29, 0.717) is 23.1 Å². The fourth-order valence-electron chi connectivity index (χ4n) is 6.29. The molecule has 2 heteroatoms. The molecule has 1 aliphatic carbocycles. The first kappa shape index (κ1) is 23.9. The monoisotopic (exact) mass is 490 g/mol. The molecule has 0 aromatic heterocycles. The summed E-state index contributed by atoms with van der Waals surface area (Å²) in [6.07, 6.45) is 3.04. The molecule has 1 atom stereocenters. The average Bonchev–Trinajstić information content (AvgIpc) is 3.22. The van der Waals surface area contributed by atoms with Gasteiger partial charge in [-0.05, 0) is 131 Å². The fourth-order valence-corrected chi connectivity index (χ4v) is 6.29. The lowest BCUT2D eigenvalue weighted by atomic mass is 9.87. The third-order valence-corrected chi connectivity index (χ3v) is 8.39. The summed E-state index contributed by atoms with van der Waals surface area (Å²) < 4.78 is 28.9. The summed E-state index contributed by atoms with van der Waals surface area (Å²) in [6, 6.07) is 21.0. The SMILES string of the molecule is Cc1cc2c(cc1-c1cc3c(Cc4ccc5c(F)c(C)c(F)cc5c4)c(C)ccc3cc1C)CC(C)C2. The van der Waals surface area contributed by atoms with Crippen molar-refractivity contribution in [2.45, 2.75) is 53.9 Å². The summed E-state index contributed by atoms with van der Waals surface area (Å²) in [5.41, 5.74) is 11.8. The van der Waals surface area contributed by atoms with Crippen LogP contribution in [0.4, 0.5) is 8.78 Å². The van der Waals surface area contributed by atoms with Gasteiger partial charge in [0.2, 0.25) is 0 Å². The number of hydrogen-bond donors (Lipinski definition) is 0. The van der Waals surface area contributed by atoms with E-state index in [9.17, 15) is 8.78 Å². The molecule has 186 valence electrons. The van der Waals surface area contributed by atoms with Crippen molar-refractivity contribution in [3.8, 4) is 11.1 Å². The minimum atomic E-state index is -0.497. The lowest BCUT2D eigenvalue weighted by molar-refractivity contribution is 0.577. The lowest BCUT2D eigenvalue weighted by Crippen LogP contribution is -1.97. The van der Waals surface area contributed by atoms with E-state index < -0.39 is 11.6 Å². The number of halogens is 2. The van der Waals surface area contributed by atoms with E-state index in [-0.39, 0.29) is 5.56 Å². The molecule has 0 saturated heterocycles. The van der Waals surface area contributed by atoms with E-state index in [2.05, 4.69) is 64.1 Å². The summed E-state index contributed by atoms with van der Waals surface area (Å²) >= 11 is 0. The number of benzene rings is 5. The van der Waals surface area contributed by atoms with Gasteiger partial charge in [0, 0.05) is 10.9 Å². The van der Waals surface area contributed by atoms with Crippen molar-refractivity contribution in [3.05, 3.63) is 117 Å². The molecule has 0 fully saturated rings. The molecule has 37 heavy (non-hydrogen) atoms. The van der Waals surface area contributed by atoms with Crippen LogP contribution in [0.2, 0.25) is 0 Å². The van der Waals surface area contributed by atoms with Gasteiger partial charge in [0.1, 0.15) is 11.6 Å². The van der Waals surface area contributed by atoms with Gasteiger partial charge < -0.3 is 0 Å². The van der Waals surface area contributed by atoms with Crippen LogP contribution >= 0.6 is 0 Å². The summed E-state index contributed by atoms with van der Waals surface area (Å²) in [6.45, 7) is 10.4. The van der Waals surface area contributed by atoms with Crippen molar-refractivity contribution in [1.29, 1.82) is 0 Å². The number of rotatable bonds is 3. The smallest absolute Gasteiger partial charge is 0.136 e. The van der Waals surface area contributed by atoms with E-state index in [0.717, 1.165) is 12.0 Å². The first-order valence-corrected chi connectivity index (χ1v) is 13.2. The van der Waals surface area contributed by atoms with Crippen LogP contribution in [0, 0.1) is 45.2 Å². The Balaban J connectivity index is 1.48. The van der Waals surface area contributed by atoms with Crippen LogP contribution in [0.1, 0.15) is 51.4 Å². The van der Waals surface area contributed by atoms with Crippen molar-refractivity contribution < 1.29 is 8.78 Å². The van der Waals surface area contributed by atoms with Gasteiger partial charge in [0.15, 0.2) is 0 Å². The third kappa shape index (κ3) is 4.03. The van der Waals surface area contributed by atoms with Gasteiger partial charge in [-0.2, -0.15) is 0 Å². The zero-order valence-electron chi connectivity index (χ0n) is 22.2. The van der Waals surface area contributed by atoms with Gasteiger partial charge in [0.25, 0.3) is 0 Å². The normalized spacial score (nSPS) is 15.1. The summed E-state index contributed by atoms with van der Waals surface area (Å²) in [5.74, 6) is -0.255. The Hall–Kier alpha value is -3.52. The van der Waals surface area contributed by atoms with E-state index in [1.165, 1.54) is 74.7 Å². The highest BCUT2D eigenvalue weighted by Crippen LogP contribution is 2.38. The molecule has 0 saturated carbocycles. The molecule has 0 bridgehead atoms. The van der Waals surface area contributed by atoms with Crippen LogP contribution < -0.4 is 0 Å². The molecular formula is C35H32F2. The molecule has 0 heterocycles. The van der Waals surface area contributed by atoms with Crippen molar-refractivity contribution in [2.75, 3.05) is 0 Å². The maximum atomic E-state index is 14.6. The van der Waals surface area contributed by atoms with Gasteiger partial charge in [-0.3, -0.25) is 0 Å². The van der Waals surface area contributed by atoms with Crippen LogP contribution in [0.25, 0.3) is 32.7 Å². The van der Waals surface area contributed by atoms with Gasteiger partial charge in [-0.25, -0.2) is 8.78 Å². The Morgan fingerprint density at radius 2 is 1.38 bits per heavy atom. The Morgan fingerprint density at radius 3 is 2.16 bits per heavy atom. The van der Waals surface area contributed by atoms with Crippen LogP contribution in [0.15, 0.2) is 60.7 Å². The van der Waals surface area contributed by atoms with Gasteiger partial charge in [-0.1, -0.05) is 55.5 Å². The highest BCUT2D eigenvalue weighted by Gasteiger charge is 2.20. The van der Waals surface area contributed by atoms with E-state index in [1.807, 2.05) is 12.1 Å². The maximum absolute atomic E-state index is 14.6. The predicted molar refractivity (Wildman–Crippen MR) is 152 cm³/mol. The first-order valence-electron chi connectivity index (χ1n) is 13.2. The Morgan fingerprint density at radius 1 is 0.676 bits per heavy atom. The van der Waals surface area contributed by atoms with Crippen molar-refractivity contribution in [2.24, 2.45) is 5.92 Å². The molecule has 6 rings (SSSR count). The second kappa shape index (κ2) is 8.80. The van der Waals surface area contributed by atoms with Crippen molar-refractivity contribution in [3.63, 3.8) is 0 Å². The van der Waals surface area contributed by atoms with Crippen LogP contribution in [-0.4, -0.2) is 0 Å². The van der Waals surface area contributed by atoms with Gasteiger partial charge >= 0.3 is 0 Å². The largest absolute Gasteiger partial charge is 0.207 e. The second-order valence-corrected chi connectivity index (χ2v) is 11.2. The minimum absolute atomic E-state index is 0.0735. The predicted octanol–water partition coefficient (Wildman–Crippen LogP) is 9.50. The van der Waals surface area contributed by atoms with Gasteiger partial charge in [0.05, 0.1) is 0 Å². The minimum Gasteiger partial charge on any atom is -0.207 e. The lowest BCUT2D eigenvalue weighted by Gasteiger charge is -2.17. The quantitative estimate of drug-likeness (QED) is 0.236. The highest BCUT2D eigenvalue weighted by atomic mass is 19.1. The molecule has 5 aromatic rings. The summed E-state index contributed by atoms with van der Waals surface area (Å²) in [5, 5.41) is 3.55. The topological polar surface area (TPSA) is 0 Å². The standard InChI is InChI=1S/C35H32F2/c1-19-10-26-13-22(4)31(16-27(26)11-19)32-18-33-25(12-21(32)3)8-6-20(2)30(33)15-24-7-9-29-28(14-24)17-34(36)23(5)35(29)37/h6-9,12-14,16-19H,10-11,15H2,1-5H3. The van der Waals surface area contributed by atoms with Crippen molar-refractivity contribution in [1.82, 2.24) is 0 Å². The van der Waals surface area contributed by atoms with Crippen LogP contribution in [0.5, 0.6) is 0 Å². The highest BCUT2D eigenvalue weighted by molar-refractivity contribution is 5.93. The average molecular weight is 491 g/mol. The van der Waals surface area contributed by atoms with E-state index in [1.54, 1.807) is 6.07 Å². The molecule has 0 spiro atoms. The molecule has 0 aliphatic heterocycles. The van der Waals surface area contributed by atoms with Crippen molar-refractivity contribution >= 4 is 21.5 Å². The summed E-state index contributed by atoms with van der Waals surface area (Å²) in [7, 11) is 0. The molecular weight excluding hydrogens is 458 g/mol. The Kier molecular flexibility index (Phi) is 5.67. The molecule has 0 N–H and O–H groups in total. The number of fused-ring (bicyclic) bond motifs is 3. The molecule has 1 aliphatic rings. The Labute approximate surface area is 218 Å². The molecule has 0 amide bonds. The third-order valence-electron chi connectivity index (χ3n) is 8.39. The zero-order chi connectivity index (χ0) is 26.0. The molecule has 1 unspecified atom stereocenters. The zero-order valence-corrected chi connectivity index (χ0v) is 22.2. The van der Waals surface area contributed by atoms with E-state index >= 15 is 0 Å². The maximum Gasteiger partial charge on any atom is 0.136 e. The first-order chi connectivity index (χ1) is 17.7. The second-order valence-electron chi connectivity index (χ2n) is 11.2. The fraction of sp³-hybridized carbons (Fsp3) is 0.257. The number of aryl methyl sites for hydroxylation is 3.